The maximum atomic E-state index is 12.0. The quantitative estimate of drug-likeness (QED) is 0.858. The largest absolute Gasteiger partial charge is 0.496 e. The zero-order valence-electron chi connectivity index (χ0n) is 11.2. The van der Waals surface area contributed by atoms with Crippen molar-refractivity contribution in [2.75, 3.05) is 13.7 Å². The minimum atomic E-state index is -0.380. The van der Waals surface area contributed by atoms with Crippen LogP contribution in [0.15, 0.2) is 24.3 Å². The van der Waals surface area contributed by atoms with Crippen LogP contribution < -0.4 is 4.74 Å². The van der Waals surface area contributed by atoms with Gasteiger partial charge in [0.1, 0.15) is 17.0 Å². The molecule has 1 heterocycles. The number of hydrogen-bond donors (Lipinski definition) is 1. The molecule has 0 aliphatic carbocycles. The summed E-state index contributed by atoms with van der Waals surface area (Å²) in [5.41, 5.74) is 2.44. The zero-order valence-corrected chi connectivity index (χ0v) is 11.2. The second kappa shape index (κ2) is 5.56. The number of carbonyl (C=O) groups is 1. The molecule has 1 aromatic heterocycles. The minimum absolute atomic E-state index is 0.328. The van der Waals surface area contributed by atoms with Crippen molar-refractivity contribution in [1.29, 1.82) is 0 Å². The van der Waals surface area contributed by atoms with Crippen LogP contribution in [0.1, 0.15) is 23.0 Å². The third-order valence-electron chi connectivity index (χ3n) is 2.79. The summed E-state index contributed by atoms with van der Waals surface area (Å²) in [4.78, 5) is 12.0. The first kappa shape index (κ1) is 13.1. The van der Waals surface area contributed by atoms with Gasteiger partial charge in [0.15, 0.2) is 0 Å². The van der Waals surface area contributed by atoms with Crippen LogP contribution >= 0.6 is 0 Å². The first-order chi connectivity index (χ1) is 9.19. The number of para-hydroxylation sites is 1. The van der Waals surface area contributed by atoms with Gasteiger partial charge in [-0.15, -0.1) is 0 Å². The van der Waals surface area contributed by atoms with Crippen molar-refractivity contribution in [1.82, 2.24) is 10.2 Å². The summed E-state index contributed by atoms with van der Waals surface area (Å²) in [5, 5.41) is 7.01. The average Bonchev–Trinajstić information content (AvgIpc) is 2.80. The van der Waals surface area contributed by atoms with E-state index in [9.17, 15) is 4.79 Å². The number of aromatic nitrogens is 2. The van der Waals surface area contributed by atoms with Gasteiger partial charge in [-0.2, -0.15) is 5.10 Å². The van der Waals surface area contributed by atoms with Crippen LogP contribution in [0.2, 0.25) is 0 Å². The highest BCUT2D eigenvalue weighted by Crippen LogP contribution is 2.31. The number of esters is 1. The minimum Gasteiger partial charge on any atom is -0.496 e. The van der Waals surface area contributed by atoms with E-state index in [2.05, 4.69) is 10.2 Å². The summed E-state index contributed by atoms with van der Waals surface area (Å²) in [6.45, 7) is 3.89. The Morgan fingerprint density at radius 2 is 2.11 bits per heavy atom. The van der Waals surface area contributed by atoms with Crippen molar-refractivity contribution in [3.05, 3.63) is 35.5 Å². The number of H-pyrrole nitrogens is 1. The van der Waals surface area contributed by atoms with Gasteiger partial charge in [-0.25, -0.2) is 4.79 Å². The van der Waals surface area contributed by atoms with Gasteiger partial charge in [0, 0.05) is 11.3 Å². The Morgan fingerprint density at radius 3 is 2.79 bits per heavy atom. The fourth-order valence-electron chi connectivity index (χ4n) is 1.92. The summed E-state index contributed by atoms with van der Waals surface area (Å²) in [6.07, 6.45) is 0. The van der Waals surface area contributed by atoms with E-state index in [0.717, 1.165) is 5.56 Å². The molecule has 0 radical (unpaired) electrons. The van der Waals surface area contributed by atoms with Gasteiger partial charge in [0.2, 0.25) is 0 Å². The molecule has 0 bridgehead atoms. The number of benzene rings is 1. The monoisotopic (exact) mass is 260 g/mol. The zero-order chi connectivity index (χ0) is 13.8. The molecule has 2 rings (SSSR count). The number of aryl methyl sites for hydroxylation is 1. The lowest BCUT2D eigenvalue weighted by atomic mass is 10.1. The lowest BCUT2D eigenvalue weighted by molar-refractivity contribution is 0.0526. The number of rotatable bonds is 4. The van der Waals surface area contributed by atoms with Crippen molar-refractivity contribution in [3.63, 3.8) is 0 Å². The van der Waals surface area contributed by atoms with Gasteiger partial charge in [0.05, 0.1) is 13.7 Å². The molecule has 0 fully saturated rings. The van der Waals surface area contributed by atoms with Gasteiger partial charge in [-0.05, 0) is 26.0 Å². The van der Waals surface area contributed by atoms with E-state index in [0.29, 0.717) is 29.3 Å². The molecule has 2 aromatic rings. The van der Waals surface area contributed by atoms with Gasteiger partial charge in [-0.3, -0.25) is 5.10 Å². The highest BCUT2D eigenvalue weighted by molar-refractivity contribution is 5.98. The van der Waals surface area contributed by atoms with E-state index in [1.54, 1.807) is 21.0 Å². The number of nitrogens with one attached hydrogen (secondary N) is 1. The Bertz CT molecular complexity index is 590. The SMILES string of the molecule is CCOC(=O)c1c(-c2ccccc2OC)n[nH]c1C. The molecular formula is C14H16N2O3. The van der Waals surface area contributed by atoms with Gasteiger partial charge >= 0.3 is 5.97 Å². The van der Waals surface area contributed by atoms with Gasteiger partial charge in [-0.1, -0.05) is 12.1 Å². The number of hydrogen-bond acceptors (Lipinski definition) is 4. The number of aromatic amines is 1. The molecule has 1 N–H and O–H groups in total. The molecule has 0 unspecified atom stereocenters. The van der Waals surface area contributed by atoms with Gasteiger partial charge in [0.25, 0.3) is 0 Å². The first-order valence-corrected chi connectivity index (χ1v) is 6.04. The lowest BCUT2D eigenvalue weighted by Gasteiger charge is -2.08. The summed E-state index contributed by atoms with van der Waals surface area (Å²) in [6, 6.07) is 7.42. The molecular weight excluding hydrogens is 244 g/mol. The van der Waals surface area contributed by atoms with E-state index in [-0.39, 0.29) is 5.97 Å². The third kappa shape index (κ3) is 2.45. The molecule has 0 atom stereocenters. The molecule has 1 aromatic carbocycles. The molecule has 0 aliphatic heterocycles. The first-order valence-electron chi connectivity index (χ1n) is 6.04. The molecule has 0 aliphatic rings. The summed E-state index contributed by atoms with van der Waals surface area (Å²) in [5.74, 6) is 0.286. The van der Waals surface area contributed by atoms with Crippen LogP contribution in [0, 0.1) is 6.92 Å². The summed E-state index contributed by atoms with van der Waals surface area (Å²) in [7, 11) is 1.59. The molecule has 0 saturated heterocycles. The van der Waals surface area contributed by atoms with E-state index in [1.807, 2.05) is 24.3 Å². The Labute approximate surface area is 111 Å². The highest BCUT2D eigenvalue weighted by atomic mass is 16.5. The van der Waals surface area contributed by atoms with E-state index in [1.165, 1.54) is 0 Å². The molecule has 19 heavy (non-hydrogen) atoms. The molecule has 0 saturated carbocycles. The normalized spacial score (nSPS) is 10.3. The van der Waals surface area contributed by atoms with Crippen LogP contribution in [-0.4, -0.2) is 29.9 Å². The highest BCUT2D eigenvalue weighted by Gasteiger charge is 2.22. The number of carbonyl (C=O) groups excluding carboxylic acids is 1. The van der Waals surface area contributed by atoms with Crippen LogP contribution in [0.3, 0.4) is 0 Å². The van der Waals surface area contributed by atoms with Crippen molar-refractivity contribution >= 4 is 5.97 Å². The predicted octanol–water partition coefficient (Wildman–Crippen LogP) is 2.57. The Balaban J connectivity index is 2.54. The molecule has 5 heteroatoms. The van der Waals surface area contributed by atoms with E-state index < -0.39 is 0 Å². The lowest BCUT2D eigenvalue weighted by Crippen LogP contribution is -2.07. The fraction of sp³-hybridized carbons (Fsp3) is 0.286. The Kier molecular flexibility index (Phi) is 3.85. The molecule has 0 amide bonds. The van der Waals surface area contributed by atoms with Gasteiger partial charge < -0.3 is 9.47 Å². The molecule has 5 nitrogen and oxygen atoms in total. The van der Waals surface area contributed by atoms with Crippen molar-refractivity contribution in [3.8, 4) is 17.0 Å². The van der Waals surface area contributed by atoms with Crippen LogP contribution in [0.25, 0.3) is 11.3 Å². The van der Waals surface area contributed by atoms with E-state index >= 15 is 0 Å². The second-order valence-electron chi connectivity index (χ2n) is 3.99. The Morgan fingerprint density at radius 1 is 1.37 bits per heavy atom. The van der Waals surface area contributed by atoms with Crippen molar-refractivity contribution < 1.29 is 14.3 Å². The van der Waals surface area contributed by atoms with Crippen LogP contribution in [0.5, 0.6) is 5.75 Å². The van der Waals surface area contributed by atoms with Crippen molar-refractivity contribution in [2.24, 2.45) is 0 Å². The van der Waals surface area contributed by atoms with Crippen LogP contribution in [-0.2, 0) is 4.74 Å². The number of ether oxygens (including phenoxy) is 2. The fourth-order valence-corrected chi connectivity index (χ4v) is 1.92. The standard InChI is InChI=1S/C14H16N2O3/c1-4-19-14(17)12-9(2)15-16-13(12)10-7-5-6-8-11(10)18-3/h5-8H,4H2,1-3H3,(H,15,16). The second-order valence-corrected chi connectivity index (χ2v) is 3.99. The summed E-state index contributed by atoms with van der Waals surface area (Å²) < 4.78 is 10.4. The third-order valence-corrected chi connectivity index (χ3v) is 2.79. The van der Waals surface area contributed by atoms with E-state index in [4.69, 9.17) is 9.47 Å². The maximum absolute atomic E-state index is 12.0. The number of nitrogens with zero attached hydrogens (tertiary/aromatic N) is 1. The molecule has 0 spiro atoms. The van der Waals surface area contributed by atoms with Crippen molar-refractivity contribution in [2.45, 2.75) is 13.8 Å². The average molecular weight is 260 g/mol. The predicted molar refractivity (Wildman–Crippen MR) is 71.3 cm³/mol. The number of methoxy groups -OCH3 is 1. The smallest absolute Gasteiger partial charge is 0.342 e. The Hall–Kier alpha value is -2.30. The topological polar surface area (TPSA) is 64.2 Å². The van der Waals surface area contributed by atoms with Crippen LogP contribution in [0.4, 0.5) is 0 Å². The summed E-state index contributed by atoms with van der Waals surface area (Å²) >= 11 is 0. The molecule has 100 valence electrons. The maximum Gasteiger partial charge on any atom is 0.342 e.